The maximum atomic E-state index is 12.0. The molecule has 1 heterocycles. The second kappa shape index (κ2) is 7.57. The molecule has 7 heteroatoms. The Morgan fingerprint density at radius 1 is 1.16 bits per heavy atom. The fourth-order valence-corrected chi connectivity index (χ4v) is 2.30. The minimum Gasteiger partial charge on any atom is -0.494 e. The highest BCUT2D eigenvalue weighted by Crippen LogP contribution is 2.30. The number of amides is 2. The minimum absolute atomic E-state index is 0.0365. The number of hydrogen-bond acceptors (Lipinski definition) is 5. The van der Waals surface area contributed by atoms with E-state index in [2.05, 4.69) is 10.6 Å². The highest BCUT2D eigenvalue weighted by molar-refractivity contribution is 5.97. The molecule has 2 N–H and O–H groups in total. The summed E-state index contributed by atoms with van der Waals surface area (Å²) in [6.45, 7) is 2.35. The van der Waals surface area contributed by atoms with Crippen molar-refractivity contribution in [3.8, 4) is 17.2 Å². The summed E-state index contributed by atoms with van der Waals surface area (Å²) in [5, 5.41) is 5.41. The van der Waals surface area contributed by atoms with Crippen molar-refractivity contribution in [2.45, 2.75) is 6.92 Å². The number of fused-ring (bicyclic) bond motifs is 1. The van der Waals surface area contributed by atoms with Gasteiger partial charge in [0.15, 0.2) is 13.2 Å². The summed E-state index contributed by atoms with van der Waals surface area (Å²) in [6.07, 6.45) is 0. The van der Waals surface area contributed by atoms with Gasteiger partial charge in [0.05, 0.1) is 12.3 Å². The highest BCUT2D eigenvalue weighted by atomic mass is 16.5. The maximum Gasteiger partial charge on any atom is 0.262 e. The van der Waals surface area contributed by atoms with Gasteiger partial charge < -0.3 is 24.8 Å². The van der Waals surface area contributed by atoms with Crippen molar-refractivity contribution in [3.05, 3.63) is 42.5 Å². The van der Waals surface area contributed by atoms with Crippen LogP contribution in [0.3, 0.4) is 0 Å². The first-order valence-corrected chi connectivity index (χ1v) is 7.86. The van der Waals surface area contributed by atoms with Crippen LogP contribution in [0.1, 0.15) is 6.92 Å². The number of ether oxygens (including phenoxy) is 3. The van der Waals surface area contributed by atoms with Gasteiger partial charge >= 0.3 is 0 Å². The summed E-state index contributed by atoms with van der Waals surface area (Å²) < 4.78 is 16.1. The van der Waals surface area contributed by atoms with E-state index in [1.54, 1.807) is 42.5 Å². The van der Waals surface area contributed by atoms with Crippen LogP contribution in [0.25, 0.3) is 0 Å². The Labute approximate surface area is 144 Å². The molecule has 0 unspecified atom stereocenters. The first-order valence-electron chi connectivity index (χ1n) is 7.86. The van der Waals surface area contributed by atoms with Gasteiger partial charge in [0.1, 0.15) is 17.2 Å². The molecule has 0 spiro atoms. The predicted molar refractivity (Wildman–Crippen MR) is 92.3 cm³/mol. The second-order valence-corrected chi connectivity index (χ2v) is 5.29. The molecule has 7 nitrogen and oxygen atoms in total. The molecule has 0 aromatic heterocycles. The van der Waals surface area contributed by atoms with E-state index >= 15 is 0 Å². The average Bonchev–Trinajstić information content (AvgIpc) is 2.61. The van der Waals surface area contributed by atoms with E-state index in [1.807, 2.05) is 6.92 Å². The molecular weight excluding hydrogens is 324 g/mol. The van der Waals surface area contributed by atoms with Crippen LogP contribution in [-0.2, 0) is 9.59 Å². The molecule has 0 saturated carbocycles. The minimum atomic E-state index is -0.298. The van der Waals surface area contributed by atoms with Crippen molar-refractivity contribution in [2.75, 3.05) is 30.5 Å². The van der Waals surface area contributed by atoms with Crippen LogP contribution < -0.4 is 24.8 Å². The fraction of sp³-hybridized carbons (Fsp3) is 0.222. The van der Waals surface area contributed by atoms with Crippen molar-refractivity contribution in [3.63, 3.8) is 0 Å². The normalized spacial score (nSPS) is 12.4. The summed E-state index contributed by atoms with van der Waals surface area (Å²) in [7, 11) is 0. The first kappa shape index (κ1) is 16.6. The Morgan fingerprint density at radius 2 is 1.88 bits per heavy atom. The van der Waals surface area contributed by atoms with Gasteiger partial charge in [-0.25, -0.2) is 0 Å². The number of anilines is 2. The fourth-order valence-electron chi connectivity index (χ4n) is 2.30. The maximum absolute atomic E-state index is 12.0. The van der Waals surface area contributed by atoms with Crippen LogP contribution in [0.4, 0.5) is 11.4 Å². The third kappa shape index (κ3) is 4.41. The van der Waals surface area contributed by atoms with Gasteiger partial charge in [0.2, 0.25) is 0 Å². The van der Waals surface area contributed by atoms with E-state index in [-0.39, 0.29) is 25.0 Å². The smallest absolute Gasteiger partial charge is 0.262 e. The zero-order valence-electron chi connectivity index (χ0n) is 13.7. The Bertz CT molecular complexity index is 774. The largest absolute Gasteiger partial charge is 0.494 e. The van der Waals surface area contributed by atoms with Crippen molar-refractivity contribution in [2.24, 2.45) is 0 Å². The quantitative estimate of drug-likeness (QED) is 0.842. The molecule has 1 aliphatic heterocycles. The van der Waals surface area contributed by atoms with E-state index in [0.717, 1.165) is 5.75 Å². The molecule has 0 aliphatic carbocycles. The lowest BCUT2D eigenvalue weighted by Crippen LogP contribution is -2.25. The van der Waals surface area contributed by atoms with Gasteiger partial charge in [0, 0.05) is 11.8 Å². The molecule has 25 heavy (non-hydrogen) atoms. The number of rotatable bonds is 6. The first-order chi connectivity index (χ1) is 12.1. The number of carbonyl (C=O) groups excluding carboxylic acids is 2. The molecule has 0 fully saturated rings. The molecule has 2 aromatic carbocycles. The van der Waals surface area contributed by atoms with Gasteiger partial charge in [-0.3, -0.25) is 9.59 Å². The lowest BCUT2D eigenvalue weighted by Gasteiger charge is -2.18. The molecule has 0 atom stereocenters. The Kier molecular flexibility index (Phi) is 5.03. The molecular formula is C18H18N2O5. The molecule has 130 valence electrons. The lowest BCUT2D eigenvalue weighted by atomic mass is 10.2. The topological polar surface area (TPSA) is 85.9 Å². The predicted octanol–water partition coefficient (Wildman–Crippen LogP) is 2.43. The second-order valence-electron chi connectivity index (χ2n) is 5.29. The van der Waals surface area contributed by atoms with Crippen molar-refractivity contribution < 1.29 is 23.8 Å². The molecule has 0 saturated heterocycles. The van der Waals surface area contributed by atoms with Crippen molar-refractivity contribution in [1.29, 1.82) is 0 Å². The van der Waals surface area contributed by atoms with E-state index in [4.69, 9.17) is 14.2 Å². The van der Waals surface area contributed by atoms with E-state index in [9.17, 15) is 9.59 Å². The van der Waals surface area contributed by atoms with E-state index in [1.165, 1.54) is 0 Å². The van der Waals surface area contributed by atoms with E-state index in [0.29, 0.717) is 29.5 Å². The van der Waals surface area contributed by atoms with Crippen LogP contribution in [0.15, 0.2) is 42.5 Å². The summed E-state index contributed by atoms with van der Waals surface area (Å²) in [4.78, 5) is 23.2. The SMILES string of the molecule is CCOc1ccc(OCC(=O)Nc2ccc3c(c2)OCC(=O)N3)cc1. The molecule has 0 radical (unpaired) electrons. The standard InChI is InChI=1S/C18H18N2O5/c1-2-23-13-4-6-14(7-5-13)24-10-17(21)19-12-3-8-15-16(9-12)25-11-18(22)20-15/h3-9H,2,10-11H2,1H3,(H,19,21)(H,20,22). The van der Waals surface area contributed by atoms with Gasteiger partial charge in [0.25, 0.3) is 11.8 Å². The van der Waals surface area contributed by atoms with Crippen LogP contribution >= 0.6 is 0 Å². The third-order valence-electron chi connectivity index (χ3n) is 3.40. The summed E-state index contributed by atoms with van der Waals surface area (Å²) >= 11 is 0. The molecule has 1 aliphatic rings. The number of hydrogen-bond donors (Lipinski definition) is 2. The van der Waals surface area contributed by atoms with Crippen LogP contribution in [0.5, 0.6) is 17.2 Å². The lowest BCUT2D eigenvalue weighted by molar-refractivity contribution is -0.119. The number of benzene rings is 2. The Morgan fingerprint density at radius 3 is 2.60 bits per heavy atom. The van der Waals surface area contributed by atoms with Gasteiger partial charge in [-0.05, 0) is 43.3 Å². The Hall–Kier alpha value is -3.22. The molecule has 2 amide bonds. The van der Waals surface area contributed by atoms with Crippen molar-refractivity contribution in [1.82, 2.24) is 0 Å². The Balaban J connectivity index is 1.53. The number of nitrogens with one attached hydrogen (secondary N) is 2. The van der Waals surface area contributed by atoms with Crippen LogP contribution in [-0.4, -0.2) is 31.6 Å². The van der Waals surface area contributed by atoms with E-state index < -0.39 is 0 Å². The van der Waals surface area contributed by atoms with Crippen LogP contribution in [0.2, 0.25) is 0 Å². The van der Waals surface area contributed by atoms with Gasteiger partial charge in [-0.2, -0.15) is 0 Å². The molecule has 2 aromatic rings. The summed E-state index contributed by atoms with van der Waals surface area (Å²) in [5.41, 5.74) is 1.15. The molecule has 0 bridgehead atoms. The van der Waals surface area contributed by atoms with Crippen molar-refractivity contribution >= 4 is 23.2 Å². The zero-order valence-corrected chi connectivity index (χ0v) is 13.7. The summed E-state index contributed by atoms with van der Waals surface area (Å²) in [6, 6.07) is 12.1. The van der Waals surface area contributed by atoms with Gasteiger partial charge in [-0.1, -0.05) is 0 Å². The highest BCUT2D eigenvalue weighted by Gasteiger charge is 2.16. The monoisotopic (exact) mass is 342 g/mol. The molecule has 3 rings (SSSR count). The third-order valence-corrected chi connectivity index (χ3v) is 3.40. The average molecular weight is 342 g/mol. The van der Waals surface area contributed by atoms with Crippen LogP contribution in [0, 0.1) is 0 Å². The zero-order chi connectivity index (χ0) is 17.6. The van der Waals surface area contributed by atoms with Gasteiger partial charge in [-0.15, -0.1) is 0 Å². The summed E-state index contributed by atoms with van der Waals surface area (Å²) in [5.74, 6) is 1.35. The number of carbonyl (C=O) groups is 2.